The van der Waals surface area contributed by atoms with E-state index in [-0.39, 0.29) is 12.0 Å². The average molecular weight is 275 g/mol. The second-order valence-electron chi connectivity index (χ2n) is 5.46. The van der Waals surface area contributed by atoms with Gasteiger partial charge in [0.15, 0.2) is 0 Å². The second-order valence-corrected chi connectivity index (χ2v) is 5.46. The molecule has 1 atom stereocenters. The number of aromatic nitrogens is 1. The highest BCUT2D eigenvalue weighted by atomic mass is 16.5. The van der Waals surface area contributed by atoms with Gasteiger partial charge in [-0.05, 0) is 30.5 Å². The summed E-state index contributed by atoms with van der Waals surface area (Å²) in [4.78, 5) is 20.6. The van der Waals surface area contributed by atoms with Gasteiger partial charge >= 0.3 is 0 Å². The molecule has 2 saturated heterocycles. The first-order chi connectivity index (χ1) is 9.83. The van der Waals surface area contributed by atoms with Crippen molar-refractivity contribution in [1.82, 2.24) is 14.8 Å². The maximum absolute atomic E-state index is 12.2. The SMILES string of the molecule is O=C(C1CCCO1)N1CCN(Cc2ccncc2)CC1. The molecule has 2 aliphatic heterocycles. The molecule has 1 aromatic rings. The zero-order chi connectivity index (χ0) is 13.8. The molecule has 0 N–H and O–H groups in total. The van der Waals surface area contributed by atoms with E-state index >= 15 is 0 Å². The van der Waals surface area contributed by atoms with Crippen LogP contribution in [0.3, 0.4) is 0 Å². The van der Waals surface area contributed by atoms with Crippen LogP contribution in [0.1, 0.15) is 18.4 Å². The molecule has 1 aromatic heterocycles. The fourth-order valence-electron chi connectivity index (χ4n) is 2.85. The molecule has 0 bridgehead atoms. The molecule has 0 radical (unpaired) electrons. The first-order valence-electron chi connectivity index (χ1n) is 7.34. The highest BCUT2D eigenvalue weighted by molar-refractivity contribution is 5.81. The molecular formula is C15H21N3O2. The number of hydrogen-bond donors (Lipinski definition) is 0. The van der Waals surface area contributed by atoms with Gasteiger partial charge in [-0.1, -0.05) is 0 Å². The summed E-state index contributed by atoms with van der Waals surface area (Å²) < 4.78 is 5.48. The minimum absolute atomic E-state index is 0.179. The molecule has 2 aliphatic rings. The number of carbonyl (C=O) groups excluding carboxylic acids is 1. The third-order valence-corrected chi connectivity index (χ3v) is 4.04. The summed E-state index contributed by atoms with van der Waals surface area (Å²) in [5.41, 5.74) is 1.28. The lowest BCUT2D eigenvalue weighted by molar-refractivity contribution is -0.142. The van der Waals surface area contributed by atoms with E-state index in [0.29, 0.717) is 0 Å². The van der Waals surface area contributed by atoms with Crippen molar-refractivity contribution in [3.63, 3.8) is 0 Å². The van der Waals surface area contributed by atoms with Crippen LogP contribution < -0.4 is 0 Å². The van der Waals surface area contributed by atoms with Crippen LogP contribution in [0.2, 0.25) is 0 Å². The summed E-state index contributed by atoms with van der Waals surface area (Å²) in [6.45, 7) is 5.15. The molecule has 5 heteroatoms. The minimum atomic E-state index is -0.179. The van der Waals surface area contributed by atoms with Crippen molar-refractivity contribution in [1.29, 1.82) is 0 Å². The van der Waals surface area contributed by atoms with Crippen molar-refractivity contribution < 1.29 is 9.53 Å². The lowest BCUT2D eigenvalue weighted by Crippen LogP contribution is -2.51. The summed E-state index contributed by atoms with van der Waals surface area (Å²) in [6.07, 6.45) is 5.37. The molecule has 108 valence electrons. The van der Waals surface area contributed by atoms with E-state index in [2.05, 4.69) is 9.88 Å². The first-order valence-corrected chi connectivity index (χ1v) is 7.34. The van der Waals surface area contributed by atoms with Crippen LogP contribution in [0.15, 0.2) is 24.5 Å². The van der Waals surface area contributed by atoms with Gasteiger partial charge in [0.05, 0.1) is 0 Å². The third kappa shape index (κ3) is 3.16. The Kier molecular flexibility index (Phi) is 4.28. The Morgan fingerprint density at radius 3 is 2.65 bits per heavy atom. The van der Waals surface area contributed by atoms with E-state index in [4.69, 9.17) is 4.74 Å². The summed E-state index contributed by atoms with van der Waals surface area (Å²) in [5.74, 6) is 0.186. The van der Waals surface area contributed by atoms with Gasteiger partial charge in [-0.15, -0.1) is 0 Å². The topological polar surface area (TPSA) is 45.7 Å². The predicted octanol–water partition coefficient (Wildman–Crippen LogP) is 0.905. The normalized spacial score (nSPS) is 24.0. The predicted molar refractivity (Wildman–Crippen MR) is 75.1 cm³/mol. The lowest BCUT2D eigenvalue weighted by Gasteiger charge is -2.35. The standard InChI is InChI=1S/C15H21N3O2/c19-15(14-2-1-11-20-14)18-9-7-17(8-10-18)12-13-3-5-16-6-4-13/h3-6,14H,1-2,7-12H2. The molecule has 3 heterocycles. The van der Waals surface area contributed by atoms with Crippen molar-refractivity contribution in [3.8, 4) is 0 Å². The smallest absolute Gasteiger partial charge is 0.251 e. The first kappa shape index (κ1) is 13.5. The van der Waals surface area contributed by atoms with Crippen LogP contribution in [-0.4, -0.2) is 59.6 Å². The number of carbonyl (C=O) groups is 1. The Labute approximate surface area is 119 Å². The van der Waals surface area contributed by atoms with Gasteiger partial charge in [0.25, 0.3) is 5.91 Å². The van der Waals surface area contributed by atoms with Crippen LogP contribution in [0.25, 0.3) is 0 Å². The van der Waals surface area contributed by atoms with Crippen molar-refractivity contribution in [3.05, 3.63) is 30.1 Å². The second kappa shape index (κ2) is 6.33. The number of hydrogen-bond acceptors (Lipinski definition) is 4. The Hall–Kier alpha value is -1.46. The number of nitrogens with zero attached hydrogens (tertiary/aromatic N) is 3. The molecule has 1 amide bonds. The third-order valence-electron chi connectivity index (χ3n) is 4.04. The average Bonchev–Trinajstić information content (AvgIpc) is 3.03. The fourth-order valence-corrected chi connectivity index (χ4v) is 2.85. The van der Waals surface area contributed by atoms with Gasteiger partial charge in [-0.2, -0.15) is 0 Å². The van der Waals surface area contributed by atoms with Crippen molar-refractivity contribution in [2.75, 3.05) is 32.8 Å². The molecule has 0 aromatic carbocycles. The molecule has 0 spiro atoms. The van der Waals surface area contributed by atoms with Crippen molar-refractivity contribution >= 4 is 5.91 Å². The van der Waals surface area contributed by atoms with Crippen LogP contribution in [0, 0.1) is 0 Å². The van der Waals surface area contributed by atoms with E-state index < -0.39 is 0 Å². The molecule has 0 aliphatic carbocycles. The fraction of sp³-hybridized carbons (Fsp3) is 0.600. The summed E-state index contributed by atoms with van der Waals surface area (Å²) >= 11 is 0. The molecule has 5 nitrogen and oxygen atoms in total. The van der Waals surface area contributed by atoms with E-state index in [1.165, 1.54) is 5.56 Å². The van der Waals surface area contributed by atoms with Gasteiger partial charge in [0.2, 0.25) is 0 Å². The van der Waals surface area contributed by atoms with Crippen LogP contribution in [-0.2, 0) is 16.1 Å². The minimum Gasteiger partial charge on any atom is -0.368 e. The quantitative estimate of drug-likeness (QED) is 0.822. The number of rotatable bonds is 3. The molecule has 2 fully saturated rings. The maximum Gasteiger partial charge on any atom is 0.251 e. The Morgan fingerprint density at radius 2 is 2.00 bits per heavy atom. The number of ether oxygens (including phenoxy) is 1. The van der Waals surface area contributed by atoms with Crippen molar-refractivity contribution in [2.45, 2.75) is 25.5 Å². The molecule has 1 unspecified atom stereocenters. The molecule has 0 saturated carbocycles. The molecule has 20 heavy (non-hydrogen) atoms. The van der Waals surface area contributed by atoms with Crippen molar-refractivity contribution in [2.24, 2.45) is 0 Å². The highest BCUT2D eigenvalue weighted by Crippen LogP contribution is 2.16. The Balaban J connectivity index is 1.48. The number of pyridine rings is 1. The van der Waals surface area contributed by atoms with Gasteiger partial charge in [0, 0.05) is 51.7 Å². The van der Waals surface area contributed by atoms with Crippen LogP contribution in [0.4, 0.5) is 0 Å². The zero-order valence-electron chi connectivity index (χ0n) is 11.7. The summed E-state index contributed by atoms with van der Waals surface area (Å²) in [7, 11) is 0. The van der Waals surface area contributed by atoms with E-state index in [0.717, 1.165) is 52.2 Å². The maximum atomic E-state index is 12.2. The van der Waals surface area contributed by atoms with Gasteiger partial charge in [-0.3, -0.25) is 14.7 Å². The van der Waals surface area contributed by atoms with Gasteiger partial charge in [0.1, 0.15) is 6.10 Å². The number of amides is 1. The number of piperazine rings is 1. The van der Waals surface area contributed by atoms with E-state index in [9.17, 15) is 4.79 Å². The Bertz CT molecular complexity index is 438. The molecule has 3 rings (SSSR count). The largest absolute Gasteiger partial charge is 0.368 e. The van der Waals surface area contributed by atoms with Gasteiger partial charge in [-0.25, -0.2) is 0 Å². The van der Waals surface area contributed by atoms with E-state index in [1.54, 1.807) is 0 Å². The summed E-state index contributed by atoms with van der Waals surface area (Å²) in [6, 6.07) is 4.09. The monoisotopic (exact) mass is 275 g/mol. The van der Waals surface area contributed by atoms with E-state index in [1.807, 2.05) is 29.4 Å². The molecular weight excluding hydrogens is 254 g/mol. The van der Waals surface area contributed by atoms with Gasteiger partial charge < -0.3 is 9.64 Å². The van der Waals surface area contributed by atoms with Crippen LogP contribution in [0.5, 0.6) is 0 Å². The lowest BCUT2D eigenvalue weighted by atomic mass is 10.2. The summed E-state index contributed by atoms with van der Waals surface area (Å²) in [5, 5.41) is 0. The highest BCUT2D eigenvalue weighted by Gasteiger charge is 2.30. The van der Waals surface area contributed by atoms with Crippen LogP contribution >= 0.6 is 0 Å². The Morgan fingerprint density at radius 1 is 1.25 bits per heavy atom. The zero-order valence-corrected chi connectivity index (χ0v) is 11.7.